The fraction of sp³-hybridized carbons (Fsp3) is 0. The molecule has 0 saturated heterocycles. The van der Waals surface area contributed by atoms with Gasteiger partial charge in [0, 0.05) is 21.9 Å². The van der Waals surface area contributed by atoms with Crippen LogP contribution >= 0.6 is 0 Å². The van der Waals surface area contributed by atoms with Crippen molar-refractivity contribution in [2.45, 2.75) is 0 Å². The molecule has 0 fully saturated rings. The van der Waals surface area contributed by atoms with Gasteiger partial charge in [0.2, 0.25) is 0 Å². The normalized spacial score (nSPS) is 11.3. The van der Waals surface area contributed by atoms with Crippen molar-refractivity contribution in [2.24, 2.45) is 0 Å². The topological polar surface area (TPSA) is 51.8 Å². The number of benzene rings is 6. The first-order chi connectivity index (χ1) is 23.4. The monoisotopic (exact) mass is 601 g/mol. The van der Waals surface area contributed by atoms with E-state index in [1.54, 1.807) is 0 Å². The molecule has 8 aromatic rings. The Bertz CT molecular complexity index is 2490. The molecule has 0 amide bonds. The van der Waals surface area contributed by atoms with Crippen molar-refractivity contribution in [3.8, 4) is 56.4 Å². The Morgan fingerprint density at radius 2 is 0.938 bits per heavy atom. The summed E-state index contributed by atoms with van der Waals surface area (Å²) < 4.78 is 6.56. The largest absolute Gasteiger partial charge is 0.455 e. The van der Waals surface area contributed by atoms with Crippen molar-refractivity contribution in [3.05, 3.63) is 121 Å². The Labute approximate surface area is 284 Å². The summed E-state index contributed by atoms with van der Waals surface area (Å²) in [7, 11) is 31.3. The number of fused-ring (bicyclic) bond motifs is 3. The molecule has 0 aliphatic rings. The minimum Gasteiger partial charge on any atom is -0.455 e. The van der Waals surface area contributed by atoms with Crippen molar-refractivity contribution in [2.75, 3.05) is 0 Å². The van der Waals surface area contributed by atoms with Crippen LogP contribution in [0.25, 0.3) is 78.4 Å². The van der Waals surface area contributed by atoms with Crippen LogP contribution in [-0.4, -0.2) is 54.2 Å². The van der Waals surface area contributed by atoms with Crippen LogP contribution < -0.4 is 27.3 Å². The molecule has 0 unspecified atom stereocenters. The molecule has 48 heavy (non-hydrogen) atoms. The second-order valence-corrected chi connectivity index (χ2v) is 11.5. The van der Waals surface area contributed by atoms with E-state index in [2.05, 4.69) is 24.3 Å². The third kappa shape index (κ3) is 4.98. The summed E-state index contributed by atoms with van der Waals surface area (Å²) >= 11 is 0. The zero-order chi connectivity index (χ0) is 32.9. The maximum absolute atomic E-state index is 6.56. The van der Waals surface area contributed by atoms with Gasteiger partial charge in [-0.15, -0.1) is 16.4 Å². The van der Waals surface area contributed by atoms with E-state index in [0.717, 1.165) is 38.6 Å². The summed E-state index contributed by atoms with van der Waals surface area (Å²) in [5.74, 6) is 1.43. The maximum Gasteiger partial charge on any atom is 0.167 e. The number of rotatable bonds is 5. The van der Waals surface area contributed by atoms with Gasteiger partial charge in [-0.25, -0.2) is 15.0 Å². The molecule has 10 radical (unpaired) electrons. The molecule has 8 rings (SSSR count). The van der Waals surface area contributed by atoms with E-state index < -0.39 is 0 Å². The SMILES string of the molecule is [B]c1c([B])c([B])c(-c2cccc(-c3nc(-c4ccccc4)nc(-c4cccc5c4oc4cccc(-c6ccccc6)c45)n3)c2)c([B])c1[B]. The number of nitrogens with zero attached hydrogens (tertiary/aromatic N) is 3. The van der Waals surface area contributed by atoms with Crippen LogP contribution in [0.1, 0.15) is 0 Å². The molecule has 0 aliphatic carbocycles. The molecule has 0 atom stereocenters. The van der Waals surface area contributed by atoms with E-state index in [0.29, 0.717) is 39.7 Å². The van der Waals surface area contributed by atoms with Gasteiger partial charge in [0.1, 0.15) is 50.4 Å². The van der Waals surface area contributed by atoms with Gasteiger partial charge in [0.05, 0.1) is 5.56 Å². The predicted octanol–water partition coefficient (Wildman–Crippen LogP) is 4.08. The minimum atomic E-state index is 0.162. The van der Waals surface area contributed by atoms with Gasteiger partial charge in [-0.05, 0) is 40.5 Å². The van der Waals surface area contributed by atoms with Crippen molar-refractivity contribution in [1.82, 2.24) is 15.0 Å². The van der Waals surface area contributed by atoms with Crippen LogP contribution in [0.3, 0.4) is 0 Å². The molecule has 0 aliphatic heterocycles. The Balaban J connectivity index is 1.34. The second kappa shape index (κ2) is 11.9. The number of aromatic nitrogens is 3. The summed E-state index contributed by atoms with van der Waals surface area (Å²) in [6.07, 6.45) is 0. The van der Waals surface area contributed by atoms with Crippen LogP contribution in [0.4, 0.5) is 0 Å². The highest BCUT2D eigenvalue weighted by Gasteiger charge is 2.20. The van der Waals surface area contributed by atoms with Crippen molar-refractivity contribution < 1.29 is 4.42 Å². The summed E-state index contributed by atoms with van der Waals surface area (Å²) in [6.45, 7) is 0. The molecule has 0 bridgehead atoms. The Hall–Kier alpha value is -5.55. The van der Waals surface area contributed by atoms with Crippen LogP contribution in [-0.2, 0) is 0 Å². The van der Waals surface area contributed by atoms with Gasteiger partial charge in [-0.2, -0.15) is 0 Å². The number of para-hydroxylation sites is 1. The highest BCUT2D eigenvalue weighted by molar-refractivity contribution is 6.68. The van der Waals surface area contributed by atoms with E-state index >= 15 is 0 Å². The molecule has 2 heterocycles. The highest BCUT2D eigenvalue weighted by Crippen LogP contribution is 2.40. The van der Waals surface area contributed by atoms with E-state index in [9.17, 15) is 0 Å². The summed E-state index contributed by atoms with van der Waals surface area (Å²) in [4.78, 5) is 14.9. The first-order valence-corrected chi connectivity index (χ1v) is 15.3. The van der Waals surface area contributed by atoms with Crippen LogP contribution in [0.15, 0.2) is 126 Å². The average Bonchev–Trinajstić information content (AvgIpc) is 3.53. The zero-order valence-electron chi connectivity index (χ0n) is 25.7. The first kappa shape index (κ1) is 29.8. The van der Waals surface area contributed by atoms with Crippen LogP contribution in [0, 0.1) is 0 Å². The van der Waals surface area contributed by atoms with Gasteiger partial charge < -0.3 is 4.42 Å². The molecule has 4 nitrogen and oxygen atoms in total. The Kier molecular flexibility index (Phi) is 7.41. The maximum atomic E-state index is 6.56. The average molecular weight is 601 g/mol. The third-order valence-corrected chi connectivity index (χ3v) is 8.62. The molecule has 0 saturated carbocycles. The molecule has 2 aromatic heterocycles. The number of hydrogen-bond donors (Lipinski definition) is 0. The molecule has 6 aromatic carbocycles. The van der Waals surface area contributed by atoms with Gasteiger partial charge in [-0.1, -0.05) is 114 Å². The molecule has 0 N–H and O–H groups in total. The standard InChI is InChI=1S/C39H20B5N3O/c40-31-29(32(41)34(43)35(44)33(31)42)23-14-7-15-24(20-23)38-45-37(22-12-5-2-6-13-22)46-39(47-38)27-18-8-17-26-30-25(21-10-3-1-4-11-21)16-9-19-28(30)48-36(26)27/h1-20H. The second-order valence-electron chi connectivity index (χ2n) is 11.5. The van der Waals surface area contributed by atoms with Gasteiger partial charge in [0.15, 0.2) is 17.5 Å². The summed E-state index contributed by atoms with van der Waals surface area (Å²) in [6, 6.07) is 39.8. The molecule has 212 valence electrons. The Morgan fingerprint density at radius 3 is 1.65 bits per heavy atom. The smallest absolute Gasteiger partial charge is 0.167 e. The first-order valence-electron chi connectivity index (χ1n) is 15.3. The fourth-order valence-corrected chi connectivity index (χ4v) is 6.20. The summed E-state index contributed by atoms with van der Waals surface area (Å²) in [5.41, 5.74) is 8.19. The molecule has 0 spiro atoms. The fourth-order valence-electron chi connectivity index (χ4n) is 6.20. The summed E-state index contributed by atoms with van der Waals surface area (Å²) in [5, 5.41) is 2.00. The van der Waals surface area contributed by atoms with E-state index in [1.165, 1.54) is 0 Å². The lowest BCUT2D eigenvalue weighted by Crippen LogP contribution is -2.55. The minimum absolute atomic E-state index is 0.162. The molecule has 9 heteroatoms. The number of hydrogen-bond acceptors (Lipinski definition) is 4. The van der Waals surface area contributed by atoms with E-state index in [1.807, 2.05) is 97.1 Å². The van der Waals surface area contributed by atoms with E-state index in [4.69, 9.17) is 58.6 Å². The molecular weight excluding hydrogens is 581 g/mol. The van der Waals surface area contributed by atoms with Gasteiger partial charge in [-0.3, -0.25) is 0 Å². The quantitative estimate of drug-likeness (QED) is 0.280. The number of furan rings is 1. The van der Waals surface area contributed by atoms with Gasteiger partial charge >= 0.3 is 0 Å². The van der Waals surface area contributed by atoms with Crippen LogP contribution in [0.2, 0.25) is 0 Å². The third-order valence-electron chi connectivity index (χ3n) is 8.62. The highest BCUT2D eigenvalue weighted by atomic mass is 16.3. The lowest BCUT2D eigenvalue weighted by molar-refractivity contribution is 0.669. The van der Waals surface area contributed by atoms with Crippen molar-refractivity contribution in [3.63, 3.8) is 0 Å². The van der Waals surface area contributed by atoms with Gasteiger partial charge in [0.25, 0.3) is 0 Å². The van der Waals surface area contributed by atoms with Crippen molar-refractivity contribution in [1.29, 1.82) is 0 Å². The predicted molar refractivity (Wildman–Crippen MR) is 201 cm³/mol. The lowest BCUT2D eigenvalue weighted by atomic mass is 9.59. The van der Waals surface area contributed by atoms with Crippen molar-refractivity contribution >= 4 is 88.5 Å². The lowest BCUT2D eigenvalue weighted by Gasteiger charge is -2.21. The molecular formula is C39H20B5N3O. The zero-order valence-corrected chi connectivity index (χ0v) is 25.7. The Morgan fingerprint density at radius 1 is 0.417 bits per heavy atom. The van der Waals surface area contributed by atoms with Crippen LogP contribution in [0.5, 0.6) is 0 Å². The van der Waals surface area contributed by atoms with E-state index in [-0.39, 0.29) is 27.3 Å².